The average Bonchev–Trinajstić information content (AvgIpc) is 2.60. The molecule has 0 aliphatic carbocycles. The van der Waals surface area contributed by atoms with E-state index in [-0.39, 0.29) is 5.78 Å². The molecule has 5 heteroatoms. The first kappa shape index (κ1) is 14.6. The number of thioether (sulfide) groups is 1. The SMILES string of the molecule is CCCn1ncc(Cl)c1C(=O)CSCC(C)C. The van der Waals surface area contributed by atoms with Gasteiger partial charge < -0.3 is 0 Å². The molecule has 0 unspecified atom stereocenters. The summed E-state index contributed by atoms with van der Waals surface area (Å²) < 4.78 is 1.71. The van der Waals surface area contributed by atoms with Gasteiger partial charge in [-0.05, 0) is 18.1 Å². The Morgan fingerprint density at radius 1 is 1.59 bits per heavy atom. The molecule has 0 aliphatic rings. The summed E-state index contributed by atoms with van der Waals surface area (Å²) in [4.78, 5) is 12.0. The van der Waals surface area contributed by atoms with Crippen LogP contribution in [0.25, 0.3) is 0 Å². The predicted molar refractivity (Wildman–Crippen MR) is 74.0 cm³/mol. The Bertz CT molecular complexity index is 377. The van der Waals surface area contributed by atoms with Gasteiger partial charge in [-0.3, -0.25) is 9.48 Å². The van der Waals surface area contributed by atoms with Crippen molar-refractivity contribution in [2.24, 2.45) is 5.92 Å². The molecule has 0 N–H and O–H groups in total. The summed E-state index contributed by atoms with van der Waals surface area (Å²) in [6.45, 7) is 7.08. The van der Waals surface area contributed by atoms with Crippen molar-refractivity contribution in [3.63, 3.8) is 0 Å². The van der Waals surface area contributed by atoms with E-state index in [1.807, 2.05) is 0 Å². The molecule has 96 valence electrons. The number of aromatic nitrogens is 2. The minimum Gasteiger partial charge on any atom is -0.291 e. The monoisotopic (exact) mass is 274 g/mol. The van der Waals surface area contributed by atoms with Crippen molar-refractivity contribution in [2.75, 3.05) is 11.5 Å². The van der Waals surface area contributed by atoms with Crippen molar-refractivity contribution < 1.29 is 4.79 Å². The third-order valence-electron chi connectivity index (χ3n) is 2.18. The van der Waals surface area contributed by atoms with E-state index in [0.29, 0.717) is 22.4 Å². The van der Waals surface area contributed by atoms with Gasteiger partial charge in [-0.2, -0.15) is 16.9 Å². The van der Waals surface area contributed by atoms with E-state index in [1.54, 1.807) is 22.6 Å². The van der Waals surface area contributed by atoms with Gasteiger partial charge in [0, 0.05) is 6.54 Å². The number of carbonyl (C=O) groups excluding carboxylic acids is 1. The van der Waals surface area contributed by atoms with Gasteiger partial charge in [-0.15, -0.1) is 0 Å². The number of ketones is 1. The lowest BCUT2D eigenvalue weighted by Gasteiger charge is -2.07. The molecule has 1 rings (SSSR count). The largest absolute Gasteiger partial charge is 0.291 e. The van der Waals surface area contributed by atoms with Gasteiger partial charge in [0.1, 0.15) is 5.69 Å². The number of Topliss-reactive ketones (excluding diaryl/α,β-unsaturated/α-hetero) is 1. The lowest BCUT2D eigenvalue weighted by molar-refractivity contribution is 0.101. The van der Waals surface area contributed by atoms with Crippen LogP contribution in [0.4, 0.5) is 0 Å². The summed E-state index contributed by atoms with van der Waals surface area (Å²) in [5, 5.41) is 4.59. The average molecular weight is 275 g/mol. The first-order chi connectivity index (χ1) is 8.06. The zero-order valence-electron chi connectivity index (χ0n) is 10.6. The number of nitrogens with zero attached hydrogens (tertiary/aromatic N) is 2. The molecule has 17 heavy (non-hydrogen) atoms. The van der Waals surface area contributed by atoms with Gasteiger partial charge in [0.25, 0.3) is 0 Å². The van der Waals surface area contributed by atoms with E-state index < -0.39 is 0 Å². The van der Waals surface area contributed by atoms with E-state index in [9.17, 15) is 4.79 Å². The summed E-state index contributed by atoms with van der Waals surface area (Å²) in [5.74, 6) is 2.15. The predicted octanol–water partition coefficient (Wildman–Crippen LogP) is 3.52. The summed E-state index contributed by atoms with van der Waals surface area (Å²) in [6, 6.07) is 0. The molecule has 0 aliphatic heterocycles. The standard InChI is InChI=1S/C12H19ClN2OS/c1-4-5-15-12(10(13)6-14-15)11(16)8-17-7-9(2)3/h6,9H,4-5,7-8H2,1-3H3. The van der Waals surface area contributed by atoms with Crippen molar-refractivity contribution in [2.45, 2.75) is 33.7 Å². The highest BCUT2D eigenvalue weighted by Crippen LogP contribution is 2.19. The van der Waals surface area contributed by atoms with Crippen LogP contribution in [0.1, 0.15) is 37.7 Å². The summed E-state index contributed by atoms with van der Waals surface area (Å²) in [7, 11) is 0. The normalized spacial score (nSPS) is 11.1. The zero-order chi connectivity index (χ0) is 12.8. The van der Waals surface area contributed by atoms with Crippen LogP contribution >= 0.6 is 23.4 Å². The van der Waals surface area contributed by atoms with Gasteiger partial charge in [0.05, 0.1) is 17.0 Å². The van der Waals surface area contributed by atoms with E-state index in [2.05, 4.69) is 25.9 Å². The van der Waals surface area contributed by atoms with E-state index in [4.69, 9.17) is 11.6 Å². The number of carbonyl (C=O) groups is 1. The van der Waals surface area contributed by atoms with Crippen molar-refractivity contribution in [1.82, 2.24) is 9.78 Å². The first-order valence-corrected chi connectivity index (χ1v) is 7.41. The Morgan fingerprint density at radius 3 is 2.88 bits per heavy atom. The van der Waals surface area contributed by atoms with Crippen LogP contribution in [0.5, 0.6) is 0 Å². The van der Waals surface area contributed by atoms with Crippen molar-refractivity contribution in [3.05, 3.63) is 16.9 Å². The van der Waals surface area contributed by atoms with Crippen LogP contribution in [0.2, 0.25) is 5.02 Å². The Labute approximate surface area is 112 Å². The second-order valence-corrected chi connectivity index (χ2v) is 5.83. The molecule has 1 aromatic heterocycles. The Morgan fingerprint density at radius 2 is 2.29 bits per heavy atom. The topological polar surface area (TPSA) is 34.9 Å². The Balaban J connectivity index is 2.64. The fourth-order valence-electron chi connectivity index (χ4n) is 1.48. The number of aryl methyl sites for hydroxylation is 1. The molecule has 0 fully saturated rings. The maximum Gasteiger partial charge on any atom is 0.192 e. The molecule has 0 atom stereocenters. The van der Waals surface area contributed by atoms with Gasteiger partial charge >= 0.3 is 0 Å². The van der Waals surface area contributed by atoms with Gasteiger partial charge in [0.15, 0.2) is 5.78 Å². The Kier molecular flexibility index (Phi) is 6.06. The molecule has 0 bridgehead atoms. The molecule has 0 aromatic carbocycles. The van der Waals surface area contributed by atoms with Crippen molar-refractivity contribution in [3.8, 4) is 0 Å². The van der Waals surface area contributed by atoms with Crippen molar-refractivity contribution in [1.29, 1.82) is 0 Å². The Hall–Kier alpha value is -0.480. The van der Waals surface area contributed by atoms with Crippen LogP contribution in [-0.2, 0) is 6.54 Å². The molecule has 3 nitrogen and oxygen atoms in total. The highest BCUT2D eigenvalue weighted by atomic mass is 35.5. The van der Waals surface area contributed by atoms with Crippen LogP contribution in [0, 0.1) is 5.92 Å². The summed E-state index contributed by atoms with van der Waals surface area (Å²) in [5.41, 5.74) is 0.560. The maximum atomic E-state index is 12.0. The molecule has 0 saturated carbocycles. The molecule has 0 amide bonds. The van der Waals surface area contributed by atoms with Crippen LogP contribution < -0.4 is 0 Å². The fourth-order valence-corrected chi connectivity index (χ4v) is 2.63. The molecule has 1 heterocycles. The fraction of sp³-hybridized carbons (Fsp3) is 0.667. The highest BCUT2D eigenvalue weighted by molar-refractivity contribution is 7.99. The van der Waals surface area contributed by atoms with Crippen LogP contribution in [0.15, 0.2) is 6.20 Å². The molecule has 0 spiro atoms. The van der Waals surface area contributed by atoms with Crippen LogP contribution in [-0.4, -0.2) is 27.1 Å². The second-order valence-electron chi connectivity index (χ2n) is 4.40. The van der Waals surface area contributed by atoms with E-state index >= 15 is 0 Å². The second kappa shape index (κ2) is 7.07. The highest BCUT2D eigenvalue weighted by Gasteiger charge is 2.16. The van der Waals surface area contributed by atoms with Gasteiger partial charge in [-0.1, -0.05) is 32.4 Å². The molecule has 1 aromatic rings. The molecular formula is C12H19ClN2OS. The zero-order valence-corrected chi connectivity index (χ0v) is 12.1. The number of halogens is 1. The quantitative estimate of drug-likeness (QED) is 0.714. The smallest absolute Gasteiger partial charge is 0.192 e. The number of hydrogen-bond donors (Lipinski definition) is 0. The van der Waals surface area contributed by atoms with Crippen LogP contribution in [0.3, 0.4) is 0 Å². The third kappa shape index (κ3) is 4.36. The molecule has 0 saturated heterocycles. The third-order valence-corrected chi connectivity index (χ3v) is 3.82. The lowest BCUT2D eigenvalue weighted by atomic mass is 10.3. The molecular weight excluding hydrogens is 256 g/mol. The van der Waals surface area contributed by atoms with Gasteiger partial charge in [0.2, 0.25) is 0 Å². The van der Waals surface area contributed by atoms with Crippen molar-refractivity contribution >= 4 is 29.1 Å². The minimum absolute atomic E-state index is 0.0756. The minimum atomic E-state index is 0.0756. The summed E-state index contributed by atoms with van der Waals surface area (Å²) in [6.07, 6.45) is 2.50. The van der Waals surface area contributed by atoms with E-state index in [1.165, 1.54) is 0 Å². The number of hydrogen-bond acceptors (Lipinski definition) is 3. The van der Waals surface area contributed by atoms with E-state index in [0.717, 1.165) is 18.7 Å². The number of rotatable bonds is 7. The molecule has 0 radical (unpaired) electrons. The van der Waals surface area contributed by atoms with Gasteiger partial charge in [-0.25, -0.2) is 0 Å². The summed E-state index contributed by atoms with van der Waals surface area (Å²) >= 11 is 7.66. The lowest BCUT2D eigenvalue weighted by Crippen LogP contribution is -2.13. The maximum absolute atomic E-state index is 12.0. The first-order valence-electron chi connectivity index (χ1n) is 5.88.